The highest BCUT2D eigenvalue weighted by Gasteiger charge is 2.28. The van der Waals surface area contributed by atoms with Gasteiger partial charge < -0.3 is 10.5 Å². The maximum Gasteiger partial charge on any atom is 0.340 e. The molecule has 1 aliphatic heterocycles. The smallest absolute Gasteiger partial charge is 0.340 e. The van der Waals surface area contributed by atoms with E-state index in [0.717, 1.165) is 25.1 Å². The number of rotatable bonds is 5. The summed E-state index contributed by atoms with van der Waals surface area (Å²) in [4.78, 5) is 14.4. The fourth-order valence-electron chi connectivity index (χ4n) is 2.68. The molecule has 0 saturated carbocycles. The molecule has 1 heterocycles. The second kappa shape index (κ2) is 6.48. The van der Waals surface area contributed by atoms with Crippen molar-refractivity contribution in [2.24, 2.45) is 5.92 Å². The van der Waals surface area contributed by atoms with E-state index in [1.54, 1.807) is 6.07 Å². The van der Waals surface area contributed by atoms with Crippen LogP contribution in [0.25, 0.3) is 0 Å². The number of nitrogens with two attached hydrogens (primary N) is 1. The molecule has 0 fully saturated rings. The van der Waals surface area contributed by atoms with E-state index < -0.39 is 0 Å². The van der Waals surface area contributed by atoms with Gasteiger partial charge >= 0.3 is 5.97 Å². The zero-order valence-electron chi connectivity index (χ0n) is 13.5. The molecule has 116 valence electrons. The third kappa shape index (κ3) is 3.21. The third-order valence-electron chi connectivity index (χ3n) is 4.39. The van der Waals surface area contributed by atoms with Gasteiger partial charge in [-0.1, -0.05) is 26.8 Å². The van der Waals surface area contributed by atoms with E-state index in [-0.39, 0.29) is 5.97 Å². The van der Waals surface area contributed by atoms with Crippen molar-refractivity contribution in [2.45, 2.75) is 53.2 Å². The number of esters is 1. The number of nitrogens with zero attached hydrogens (tertiary/aromatic N) is 1. The quantitative estimate of drug-likeness (QED) is 0.668. The minimum Gasteiger partial charge on any atom is -0.462 e. The van der Waals surface area contributed by atoms with Gasteiger partial charge in [0.15, 0.2) is 0 Å². The van der Waals surface area contributed by atoms with Crippen LogP contribution in [0.5, 0.6) is 0 Å². The highest BCUT2D eigenvalue weighted by atomic mass is 16.5. The Hall–Kier alpha value is -1.55. The van der Waals surface area contributed by atoms with Gasteiger partial charge in [0.05, 0.1) is 17.9 Å². The van der Waals surface area contributed by atoms with Gasteiger partial charge in [-0.3, -0.25) is 4.90 Å². The second-order valence-corrected chi connectivity index (χ2v) is 6.19. The Morgan fingerprint density at radius 1 is 1.33 bits per heavy atom. The Morgan fingerprint density at radius 3 is 2.67 bits per heavy atom. The van der Waals surface area contributed by atoms with Crippen LogP contribution < -0.4 is 5.73 Å². The first kappa shape index (κ1) is 15.8. The molecule has 4 heteroatoms. The monoisotopic (exact) mass is 290 g/mol. The molecule has 21 heavy (non-hydrogen) atoms. The molecule has 0 amide bonds. The van der Waals surface area contributed by atoms with Gasteiger partial charge in [0.25, 0.3) is 0 Å². The van der Waals surface area contributed by atoms with Crippen LogP contribution in [0.1, 0.15) is 55.6 Å². The lowest BCUT2D eigenvalue weighted by Gasteiger charge is -2.27. The lowest BCUT2D eigenvalue weighted by Crippen LogP contribution is -2.32. The Balaban J connectivity index is 2.20. The van der Waals surface area contributed by atoms with E-state index in [2.05, 4.69) is 25.7 Å². The Bertz CT molecular complexity index is 526. The molecule has 0 radical (unpaired) electrons. The number of ether oxygens (including phenoxy) is 1. The molecule has 1 atom stereocenters. The van der Waals surface area contributed by atoms with Crippen LogP contribution in [-0.4, -0.2) is 23.5 Å². The first-order valence-corrected chi connectivity index (χ1v) is 7.77. The number of benzene rings is 1. The molecule has 0 aliphatic carbocycles. The van der Waals surface area contributed by atoms with E-state index in [1.165, 1.54) is 5.56 Å². The second-order valence-electron chi connectivity index (χ2n) is 6.19. The van der Waals surface area contributed by atoms with Gasteiger partial charge in [0, 0.05) is 19.1 Å². The van der Waals surface area contributed by atoms with Crippen LogP contribution >= 0.6 is 0 Å². The molecule has 2 rings (SSSR count). The highest BCUT2D eigenvalue weighted by Crippen LogP contribution is 2.32. The number of nitrogen functional groups attached to an aromatic ring is 1. The van der Waals surface area contributed by atoms with Crippen molar-refractivity contribution in [3.8, 4) is 0 Å². The van der Waals surface area contributed by atoms with Crippen molar-refractivity contribution in [1.82, 2.24) is 4.90 Å². The summed E-state index contributed by atoms with van der Waals surface area (Å²) >= 11 is 0. The van der Waals surface area contributed by atoms with Gasteiger partial charge in [-0.15, -0.1) is 0 Å². The summed E-state index contributed by atoms with van der Waals surface area (Å²) in [7, 11) is 0. The maximum absolute atomic E-state index is 12.0. The molecule has 0 bridgehead atoms. The molecule has 1 aromatic carbocycles. The SMILES string of the molecule is CCCOC(=O)c1ccc2c(c1N)CN(C(C)C(C)C)C2. The fraction of sp³-hybridized carbons (Fsp3) is 0.588. The van der Waals surface area contributed by atoms with Gasteiger partial charge in [-0.2, -0.15) is 0 Å². The first-order valence-electron chi connectivity index (χ1n) is 7.77. The number of carbonyl (C=O) groups is 1. The molecule has 0 spiro atoms. The summed E-state index contributed by atoms with van der Waals surface area (Å²) < 4.78 is 5.20. The van der Waals surface area contributed by atoms with E-state index in [9.17, 15) is 4.79 Å². The normalized spacial score (nSPS) is 16.0. The average Bonchev–Trinajstić information content (AvgIpc) is 2.89. The molecule has 2 N–H and O–H groups in total. The van der Waals surface area contributed by atoms with Crippen LogP contribution in [0, 0.1) is 5.92 Å². The van der Waals surface area contributed by atoms with E-state index in [4.69, 9.17) is 10.5 Å². The summed E-state index contributed by atoms with van der Waals surface area (Å²) in [5.74, 6) is 0.280. The summed E-state index contributed by atoms with van der Waals surface area (Å²) in [5.41, 5.74) is 9.63. The van der Waals surface area contributed by atoms with Crippen molar-refractivity contribution in [2.75, 3.05) is 12.3 Å². The van der Waals surface area contributed by atoms with Gasteiger partial charge in [-0.25, -0.2) is 4.79 Å². The molecule has 0 saturated heterocycles. The van der Waals surface area contributed by atoms with E-state index >= 15 is 0 Å². The van der Waals surface area contributed by atoms with Crippen LogP contribution in [-0.2, 0) is 17.8 Å². The average molecular weight is 290 g/mol. The zero-order chi connectivity index (χ0) is 15.6. The fourth-order valence-corrected chi connectivity index (χ4v) is 2.68. The largest absolute Gasteiger partial charge is 0.462 e. The molecule has 1 unspecified atom stereocenters. The van der Waals surface area contributed by atoms with Crippen molar-refractivity contribution in [3.05, 3.63) is 28.8 Å². The molecule has 1 aromatic rings. The highest BCUT2D eigenvalue weighted by molar-refractivity contribution is 5.96. The lowest BCUT2D eigenvalue weighted by molar-refractivity contribution is 0.0506. The van der Waals surface area contributed by atoms with Crippen LogP contribution in [0.2, 0.25) is 0 Å². The third-order valence-corrected chi connectivity index (χ3v) is 4.39. The molecular formula is C17H26N2O2. The summed E-state index contributed by atoms with van der Waals surface area (Å²) in [6.07, 6.45) is 0.816. The molecular weight excluding hydrogens is 264 g/mol. The predicted molar refractivity (Wildman–Crippen MR) is 85.0 cm³/mol. The predicted octanol–water partition coefficient (Wildman–Crippen LogP) is 3.20. The Labute approximate surface area is 127 Å². The zero-order valence-corrected chi connectivity index (χ0v) is 13.5. The summed E-state index contributed by atoms with van der Waals surface area (Å²) in [6, 6.07) is 4.31. The lowest BCUT2D eigenvalue weighted by atomic mass is 10.0. The summed E-state index contributed by atoms with van der Waals surface area (Å²) in [5, 5.41) is 0. The number of hydrogen-bond donors (Lipinski definition) is 1. The van der Waals surface area contributed by atoms with E-state index in [0.29, 0.717) is 29.8 Å². The van der Waals surface area contributed by atoms with Crippen LogP contribution in [0.4, 0.5) is 5.69 Å². The topological polar surface area (TPSA) is 55.6 Å². The van der Waals surface area contributed by atoms with Crippen LogP contribution in [0.3, 0.4) is 0 Å². The minimum atomic E-state index is -0.312. The number of fused-ring (bicyclic) bond motifs is 1. The summed E-state index contributed by atoms with van der Waals surface area (Å²) in [6.45, 7) is 10.8. The van der Waals surface area contributed by atoms with Crippen molar-refractivity contribution < 1.29 is 9.53 Å². The molecule has 1 aliphatic rings. The van der Waals surface area contributed by atoms with E-state index in [1.807, 2.05) is 13.0 Å². The number of carbonyl (C=O) groups excluding carboxylic acids is 1. The first-order chi connectivity index (χ1) is 9.95. The number of anilines is 1. The Kier molecular flexibility index (Phi) is 4.88. The minimum absolute atomic E-state index is 0.312. The van der Waals surface area contributed by atoms with Gasteiger partial charge in [-0.05, 0) is 36.5 Å². The molecule has 0 aromatic heterocycles. The standard InChI is InChI=1S/C17H26N2O2/c1-5-8-21-17(20)14-7-6-13-9-19(12(4)11(2)3)10-15(13)16(14)18/h6-7,11-12H,5,8-10,18H2,1-4H3. The molecule has 4 nitrogen and oxygen atoms in total. The van der Waals surface area contributed by atoms with Crippen molar-refractivity contribution >= 4 is 11.7 Å². The van der Waals surface area contributed by atoms with Crippen molar-refractivity contribution in [3.63, 3.8) is 0 Å². The van der Waals surface area contributed by atoms with Gasteiger partial charge in [0.2, 0.25) is 0 Å². The van der Waals surface area contributed by atoms with Gasteiger partial charge in [0.1, 0.15) is 0 Å². The number of hydrogen-bond acceptors (Lipinski definition) is 4. The van der Waals surface area contributed by atoms with Crippen LogP contribution in [0.15, 0.2) is 12.1 Å². The maximum atomic E-state index is 12.0. The van der Waals surface area contributed by atoms with Crippen molar-refractivity contribution in [1.29, 1.82) is 0 Å². The Morgan fingerprint density at radius 2 is 2.05 bits per heavy atom.